The number of piperazine rings is 1. The van der Waals surface area contributed by atoms with Gasteiger partial charge in [0.2, 0.25) is 0 Å². The topological polar surface area (TPSA) is 40.1 Å². The number of hydrogen-bond donors (Lipinski definition) is 1. The average molecular weight is 401 g/mol. The molecule has 1 saturated heterocycles. The smallest absolute Gasteiger partial charge is 0.293 e. The van der Waals surface area contributed by atoms with E-state index in [1.165, 1.54) is 0 Å². The summed E-state index contributed by atoms with van der Waals surface area (Å²) in [4.78, 5) is 8.68. The minimum atomic E-state index is -2.94. The van der Waals surface area contributed by atoms with E-state index in [0.717, 1.165) is 32.0 Å². The third-order valence-electron chi connectivity index (χ3n) is 4.57. The van der Waals surface area contributed by atoms with Crippen molar-refractivity contribution in [3.8, 4) is 0 Å². The van der Waals surface area contributed by atoms with Crippen LogP contribution < -0.4 is 5.32 Å². The highest BCUT2D eigenvalue weighted by Crippen LogP contribution is 2.19. The van der Waals surface area contributed by atoms with Gasteiger partial charge in [0.15, 0.2) is 6.61 Å². The summed E-state index contributed by atoms with van der Waals surface area (Å²) in [5.74, 6) is -1.78. The summed E-state index contributed by atoms with van der Waals surface area (Å²) in [6.45, 7) is 20.0. The largest absolute Gasteiger partial charge is 0.492 e. The van der Waals surface area contributed by atoms with Gasteiger partial charge in [0.25, 0.3) is 5.92 Å². The zero-order valence-corrected chi connectivity index (χ0v) is 18.6. The van der Waals surface area contributed by atoms with Crippen molar-refractivity contribution in [2.45, 2.75) is 65.5 Å². The van der Waals surface area contributed by atoms with Crippen molar-refractivity contribution in [1.29, 1.82) is 0 Å². The van der Waals surface area contributed by atoms with Gasteiger partial charge < -0.3 is 15.0 Å². The second-order valence-electron chi connectivity index (χ2n) is 9.35. The van der Waals surface area contributed by atoms with Crippen LogP contribution in [0.2, 0.25) is 0 Å². The highest BCUT2D eigenvalue weighted by Gasteiger charge is 2.31. The van der Waals surface area contributed by atoms with E-state index in [1.54, 1.807) is 19.1 Å². The maximum atomic E-state index is 13.9. The van der Waals surface area contributed by atoms with Crippen LogP contribution in [-0.2, 0) is 4.74 Å². The van der Waals surface area contributed by atoms with Crippen LogP contribution >= 0.6 is 0 Å². The van der Waals surface area contributed by atoms with Gasteiger partial charge in [0, 0.05) is 37.3 Å². The molecule has 28 heavy (non-hydrogen) atoms. The molecule has 1 rings (SSSR count). The van der Waals surface area contributed by atoms with Crippen LogP contribution in [-0.4, -0.2) is 72.8 Å². The molecule has 1 fully saturated rings. The van der Waals surface area contributed by atoms with E-state index < -0.39 is 19.1 Å². The summed E-state index contributed by atoms with van der Waals surface area (Å²) in [6.07, 6.45) is 3.45. The van der Waals surface area contributed by atoms with Gasteiger partial charge in [-0.2, -0.15) is 0 Å². The van der Waals surface area contributed by atoms with Crippen molar-refractivity contribution >= 4 is 6.72 Å². The number of ether oxygens (including phenoxy) is 1. The summed E-state index contributed by atoms with van der Waals surface area (Å²) in [5, 5.41) is 2.81. The fourth-order valence-electron chi connectivity index (χ4n) is 2.77. The van der Waals surface area contributed by atoms with Crippen molar-refractivity contribution in [1.82, 2.24) is 15.1 Å². The van der Waals surface area contributed by atoms with E-state index in [-0.39, 0.29) is 11.1 Å². The van der Waals surface area contributed by atoms with Crippen LogP contribution in [0, 0.1) is 0 Å². The van der Waals surface area contributed by atoms with Crippen molar-refractivity contribution in [3.63, 3.8) is 0 Å². The van der Waals surface area contributed by atoms with Gasteiger partial charge in [-0.05, 0) is 67.3 Å². The maximum absolute atomic E-state index is 13.9. The number of hydrogen-bond acceptors (Lipinski definition) is 5. The van der Waals surface area contributed by atoms with E-state index in [1.807, 2.05) is 20.8 Å². The lowest BCUT2D eigenvalue weighted by Crippen LogP contribution is -2.52. The quantitative estimate of drug-likeness (QED) is 0.381. The minimum Gasteiger partial charge on any atom is -0.492 e. The number of aliphatic imine (C=N–C) groups is 1. The molecule has 0 saturated carbocycles. The van der Waals surface area contributed by atoms with E-state index in [0.29, 0.717) is 5.76 Å². The SMILES string of the molecule is C=N/C(=C\C=C(/C)OCC(F)(F)CNC(C)(C)C)N1CCN(C(C)(C)C)CC1. The molecule has 0 spiro atoms. The normalized spacial score (nSPS) is 18.4. The highest BCUT2D eigenvalue weighted by molar-refractivity contribution is 5.30. The maximum Gasteiger partial charge on any atom is 0.293 e. The van der Waals surface area contributed by atoms with Gasteiger partial charge in [-0.3, -0.25) is 4.90 Å². The van der Waals surface area contributed by atoms with Gasteiger partial charge in [-0.1, -0.05) is 0 Å². The molecule has 0 bridgehead atoms. The molecule has 0 aromatic heterocycles. The molecule has 5 nitrogen and oxygen atoms in total. The van der Waals surface area contributed by atoms with Gasteiger partial charge in [-0.25, -0.2) is 13.8 Å². The van der Waals surface area contributed by atoms with Gasteiger partial charge in [-0.15, -0.1) is 0 Å². The highest BCUT2D eigenvalue weighted by atomic mass is 19.3. The van der Waals surface area contributed by atoms with Crippen LogP contribution in [0.1, 0.15) is 48.5 Å². The Kier molecular flexibility index (Phi) is 8.63. The zero-order valence-electron chi connectivity index (χ0n) is 18.6. The first-order valence-corrected chi connectivity index (χ1v) is 9.84. The molecule has 0 aromatic carbocycles. The molecule has 1 aliphatic heterocycles. The number of rotatable bonds is 8. The fraction of sp³-hybridized carbons (Fsp3) is 0.762. The molecule has 1 aliphatic rings. The molecule has 0 radical (unpaired) electrons. The Labute approximate surface area is 169 Å². The number of halogens is 2. The van der Waals surface area contributed by atoms with Gasteiger partial charge >= 0.3 is 0 Å². The Hall–Kier alpha value is -1.47. The molecule has 1 heterocycles. The zero-order chi connectivity index (χ0) is 21.6. The van der Waals surface area contributed by atoms with Crippen molar-refractivity contribution < 1.29 is 13.5 Å². The van der Waals surface area contributed by atoms with Crippen LogP contribution in [0.3, 0.4) is 0 Å². The Morgan fingerprint density at radius 3 is 2.11 bits per heavy atom. The predicted molar refractivity (Wildman–Crippen MR) is 113 cm³/mol. The molecule has 0 unspecified atom stereocenters. The standard InChI is InChI=1S/C21H38F2N4O/c1-17(28-16-21(22,23)15-25-19(2,3)4)9-10-18(24-8)26-11-13-27(14-12-26)20(5,6)7/h9-10,25H,8,11-16H2,1-7H3/b17-9+,18-10+. The number of allylic oxidation sites excluding steroid dienone is 3. The second kappa shape index (κ2) is 9.83. The van der Waals surface area contributed by atoms with Crippen molar-refractivity contribution in [2.75, 3.05) is 39.3 Å². The Balaban J connectivity index is 2.58. The Morgan fingerprint density at radius 1 is 1.07 bits per heavy atom. The second-order valence-corrected chi connectivity index (χ2v) is 9.35. The Bertz CT molecular complexity index is 566. The summed E-state index contributed by atoms with van der Waals surface area (Å²) in [6, 6.07) is 0. The molecular formula is C21H38F2N4O. The first-order chi connectivity index (χ1) is 12.7. The van der Waals surface area contributed by atoms with Crippen LogP contribution in [0.4, 0.5) is 8.78 Å². The summed E-state index contributed by atoms with van der Waals surface area (Å²) >= 11 is 0. The molecule has 1 N–H and O–H groups in total. The minimum absolute atomic E-state index is 0.148. The molecule has 0 amide bonds. The lowest BCUT2D eigenvalue weighted by molar-refractivity contribution is -0.0609. The molecule has 0 aliphatic carbocycles. The van der Waals surface area contributed by atoms with Gasteiger partial charge in [0.1, 0.15) is 5.82 Å². The third kappa shape index (κ3) is 9.15. The van der Waals surface area contributed by atoms with Gasteiger partial charge in [0.05, 0.1) is 12.3 Å². The lowest BCUT2D eigenvalue weighted by Gasteiger charge is -2.42. The number of nitrogens with one attached hydrogen (secondary N) is 1. The van der Waals surface area contributed by atoms with Crippen LogP contribution in [0.5, 0.6) is 0 Å². The first-order valence-electron chi connectivity index (χ1n) is 9.84. The monoisotopic (exact) mass is 400 g/mol. The number of alkyl halides is 2. The van der Waals surface area contributed by atoms with E-state index >= 15 is 0 Å². The first kappa shape index (κ1) is 24.6. The molecule has 0 aromatic rings. The molecule has 162 valence electrons. The summed E-state index contributed by atoms with van der Waals surface area (Å²) < 4.78 is 33.1. The lowest BCUT2D eigenvalue weighted by atomic mass is 10.1. The molecular weight excluding hydrogens is 362 g/mol. The molecule has 0 atom stereocenters. The van der Waals surface area contributed by atoms with Crippen molar-refractivity contribution in [2.24, 2.45) is 4.99 Å². The average Bonchev–Trinajstić information content (AvgIpc) is 2.58. The van der Waals surface area contributed by atoms with E-state index in [9.17, 15) is 8.78 Å². The van der Waals surface area contributed by atoms with Crippen LogP contribution in [0.15, 0.2) is 28.7 Å². The predicted octanol–water partition coefficient (Wildman–Crippen LogP) is 3.89. The summed E-state index contributed by atoms with van der Waals surface area (Å²) in [5.41, 5.74) is -0.215. The van der Waals surface area contributed by atoms with E-state index in [2.05, 4.69) is 47.6 Å². The fourth-order valence-corrected chi connectivity index (χ4v) is 2.77. The third-order valence-corrected chi connectivity index (χ3v) is 4.57. The number of nitrogens with zero attached hydrogens (tertiary/aromatic N) is 3. The summed E-state index contributed by atoms with van der Waals surface area (Å²) in [7, 11) is 0. The van der Waals surface area contributed by atoms with E-state index in [4.69, 9.17) is 4.74 Å². The van der Waals surface area contributed by atoms with Crippen molar-refractivity contribution in [3.05, 3.63) is 23.7 Å². The van der Waals surface area contributed by atoms with Crippen LogP contribution in [0.25, 0.3) is 0 Å². The molecule has 7 heteroatoms. The Morgan fingerprint density at radius 2 is 1.64 bits per heavy atom.